The predicted molar refractivity (Wildman–Crippen MR) is 62.5 cm³/mol. The molecule has 0 bridgehead atoms. The Hall–Kier alpha value is -0.193. The van der Waals surface area contributed by atoms with Gasteiger partial charge in [-0.3, -0.25) is 0 Å². The van der Waals surface area contributed by atoms with Crippen molar-refractivity contribution in [2.24, 2.45) is 5.41 Å². The van der Waals surface area contributed by atoms with Crippen molar-refractivity contribution in [3.63, 3.8) is 0 Å². The van der Waals surface area contributed by atoms with Gasteiger partial charge in [-0.2, -0.15) is 0 Å². The fourth-order valence-electron chi connectivity index (χ4n) is 1.09. The van der Waals surface area contributed by atoms with Crippen LogP contribution in [0.1, 0.15) is 20.8 Å². The first-order valence-corrected chi connectivity index (χ1v) is 8.31. The lowest BCUT2D eigenvalue weighted by Gasteiger charge is -2.42. The third-order valence-corrected chi connectivity index (χ3v) is 8.03. The Bertz CT molecular complexity index is 239. The van der Waals surface area contributed by atoms with Crippen molar-refractivity contribution in [3.05, 3.63) is 0 Å². The van der Waals surface area contributed by atoms with E-state index < -0.39 is 8.32 Å². The van der Waals surface area contributed by atoms with Crippen molar-refractivity contribution in [2.45, 2.75) is 38.9 Å². The summed E-state index contributed by atoms with van der Waals surface area (Å²) in [5.41, 5.74) is -0.352. The molecule has 1 rings (SSSR count). The van der Waals surface area contributed by atoms with E-state index in [4.69, 9.17) is 9.16 Å². The monoisotopic (exact) mass is 230 g/mol. The van der Waals surface area contributed by atoms with Crippen LogP contribution in [0, 0.1) is 5.41 Å². The first-order chi connectivity index (χ1) is 6.72. The van der Waals surface area contributed by atoms with E-state index in [1.165, 1.54) is 0 Å². The highest BCUT2D eigenvalue weighted by atomic mass is 28.4. The van der Waals surface area contributed by atoms with E-state index in [9.17, 15) is 4.79 Å². The van der Waals surface area contributed by atoms with Gasteiger partial charge in [-0.25, -0.2) is 0 Å². The van der Waals surface area contributed by atoms with Crippen LogP contribution in [0.3, 0.4) is 0 Å². The summed E-state index contributed by atoms with van der Waals surface area (Å²) < 4.78 is 11.1. The molecule has 1 aliphatic heterocycles. The van der Waals surface area contributed by atoms with Crippen LogP contribution in [0.4, 0.5) is 0 Å². The van der Waals surface area contributed by atoms with E-state index in [-0.39, 0.29) is 10.5 Å². The SMILES string of the molecule is CC(C)(C)[Si](C)(C)OCC1(C=O)COC1. The van der Waals surface area contributed by atoms with Crippen LogP contribution in [0.2, 0.25) is 18.1 Å². The zero-order chi connectivity index (χ0) is 11.7. The third kappa shape index (κ3) is 2.68. The summed E-state index contributed by atoms with van der Waals surface area (Å²) in [5, 5.41) is 0.196. The smallest absolute Gasteiger partial charge is 0.192 e. The summed E-state index contributed by atoms with van der Waals surface area (Å²) in [6.07, 6.45) is 0.990. The van der Waals surface area contributed by atoms with Crippen molar-refractivity contribution in [3.8, 4) is 0 Å². The first-order valence-electron chi connectivity index (χ1n) is 5.41. The molecule has 0 aliphatic carbocycles. The summed E-state index contributed by atoms with van der Waals surface area (Å²) in [6, 6.07) is 0. The first kappa shape index (κ1) is 12.9. The molecule has 1 saturated heterocycles. The third-order valence-electron chi connectivity index (χ3n) is 3.56. The van der Waals surface area contributed by atoms with Crippen LogP contribution in [0.5, 0.6) is 0 Å². The largest absolute Gasteiger partial charge is 0.416 e. The molecule has 4 heteroatoms. The Morgan fingerprint density at radius 1 is 1.40 bits per heavy atom. The second-order valence-corrected chi connectivity index (χ2v) is 10.8. The molecule has 0 radical (unpaired) electrons. The normalized spacial score (nSPS) is 20.9. The molecule has 1 aliphatic rings. The Morgan fingerprint density at radius 3 is 2.20 bits per heavy atom. The van der Waals surface area contributed by atoms with Crippen LogP contribution >= 0.6 is 0 Å². The Labute approximate surface area is 93.3 Å². The van der Waals surface area contributed by atoms with Gasteiger partial charge in [0.15, 0.2) is 8.32 Å². The highest BCUT2D eigenvalue weighted by molar-refractivity contribution is 6.74. The molecule has 0 saturated carbocycles. The molecule has 1 fully saturated rings. The van der Waals surface area contributed by atoms with E-state index in [2.05, 4.69) is 33.9 Å². The standard InChI is InChI=1S/C11H22O3Si/c1-10(2,3)15(4,5)14-9-11(6-12)7-13-8-11/h6H,7-9H2,1-5H3. The van der Waals surface area contributed by atoms with E-state index >= 15 is 0 Å². The van der Waals surface area contributed by atoms with Crippen LogP contribution < -0.4 is 0 Å². The summed E-state index contributed by atoms with van der Waals surface area (Å²) in [6.45, 7) is 12.6. The van der Waals surface area contributed by atoms with Crippen LogP contribution in [-0.4, -0.2) is 34.4 Å². The zero-order valence-corrected chi connectivity index (χ0v) is 11.4. The van der Waals surface area contributed by atoms with Gasteiger partial charge in [0.1, 0.15) is 6.29 Å². The molecule has 15 heavy (non-hydrogen) atoms. The summed E-state index contributed by atoms with van der Waals surface area (Å²) in [4.78, 5) is 10.9. The lowest BCUT2D eigenvalue weighted by molar-refractivity contribution is -0.153. The van der Waals surface area contributed by atoms with Crippen molar-refractivity contribution in [1.29, 1.82) is 0 Å². The number of carbonyl (C=O) groups excluding carboxylic acids is 1. The topological polar surface area (TPSA) is 35.5 Å². The summed E-state index contributed by atoms with van der Waals surface area (Å²) >= 11 is 0. The number of aldehydes is 1. The van der Waals surface area contributed by atoms with Crippen molar-refractivity contribution in [2.75, 3.05) is 19.8 Å². The molecule has 0 unspecified atom stereocenters. The van der Waals surface area contributed by atoms with E-state index in [1.807, 2.05) is 0 Å². The van der Waals surface area contributed by atoms with Gasteiger partial charge in [-0.1, -0.05) is 20.8 Å². The number of ether oxygens (including phenoxy) is 1. The van der Waals surface area contributed by atoms with Crippen LogP contribution in [0.25, 0.3) is 0 Å². The minimum absolute atomic E-state index is 0.196. The molecule has 0 aromatic heterocycles. The number of rotatable bonds is 4. The quantitative estimate of drug-likeness (QED) is 0.549. The second kappa shape index (κ2) is 4.00. The zero-order valence-electron chi connectivity index (χ0n) is 10.4. The van der Waals surface area contributed by atoms with Crippen molar-refractivity contribution < 1.29 is 14.0 Å². The van der Waals surface area contributed by atoms with E-state index in [0.717, 1.165) is 6.29 Å². The second-order valence-electron chi connectivity index (χ2n) is 6.02. The average Bonchev–Trinajstić information content (AvgIpc) is 2.00. The fraction of sp³-hybridized carbons (Fsp3) is 0.909. The number of hydrogen-bond donors (Lipinski definition) is 0. The van der Waals surface area contributed by atoms with Gasteiger partial charge in [0.2, 0.25) is 0 Å². The number of carbonyl (C=O) groups is 1. The maximum absolute atomic E-state index is 10.9. The highest BCUT2D eigenvalue weighted by Crippen LogP contribution is 2.38. The maximum atomic E-state index is 10.9. The van der Waals surface area contributed by atoms with Gasteiger partial charge in [-0.15, -0.1) is 0 Å². The van der Waals surface area contributed by atoms with Gasteiger partial charge in [0.05, 0.1) is 25.2 Å². The molecule has 1 heterocycles. The predicted octanol–water partition coefficient (Wildman–Crippen LogP) is 2.22. The van der Waals surface area contributed by atoms with Gasteiger partial charge < -0.3 is 14.0 Å². The molecule has 0 amide bonds. The van der Waals surface area contributed by atoms with Gasteiger partial charge in [0, 0.05) is 0 Å². The van der Waals surface area contributed by atoms with Gasteiger partial charge in [-0.05, 0) is 18.1 Å². The van der Waals surface area contributed by atoms with Gasteiger partial charge >= 0.3 is 0 Å². The van der Waals surface area contributed by atoms with E-state index in [1.54, 1.807) is 0 Å². The Morgan fingerprint density at radius 2 is 1.93 bits per heavy atom. The molecule has 0 aromatic carbocycles. The molecular formula is C11H22O3Si. The molecule has 88 valence electrons. The Balaban J connectivity index is 2.52. The van der Waals surface area contributed by atoms with Crippen molar-refractivity contribution in [1.82, 2.24) is 0 Å². The Kier molecular flexibility index (Phi) is 3.43. The average molecular weight is 230 g/mol. The molecule has 0 aromatic rings. The lowest BCUT2D eigenvalue weighted by Crippen LogP contribution is -2.52. The number of hydrogen-bond acceptors (Lipinski definition) is 3. The van der Waals surface area contributed by atoms with Crippen LogP contribution in [0.15, 0.2) is 0 Å². The van der Waals surface area contributed by atoms with E-state index in [0.29, 0.717) is 19.8 Å². The maximum Gasteiger partial charge on any atom is 0.192 e. The minimum atomic E-state index is -1.73. The lowest BCUT2D eigenvalue weighted by atomic mass is 9.89. The summed E-state index contributed by atoms with van der Waals surface area (Å²) in [7, 11) is -1.73. The molecule has 0 spiro atoms. The molecular weight excluding hydrogens is 208 g/mol. The minimum Gasteiger partial charge on any atom is -0.416 e. The summed E-state index contributed by atoms with van der Waals surface area (Å²) in [5.74, 6) is 0. The van der Waals surface area contributed by atoms with Gasteiger partial charge in [0.25, 0.3) is 0 Å². The molecule has 0 atom stereocenters. The van der Waals surface area contributed by atoms with Crippen LogP contribution in [-0.2, 0) is 14.0 Å². The molecule has 0 N–H and O–H groups in total. The fourth-order valence-corrected chi connectivity index (χ4v) is 2.17. The highest BCUT2D eigenvalue weighted by Gasteiger charge is 2.43. The van der Waals surface area contributed by atoms with Crippen molar-refractivity contribution >= 4 is 14.6 Å². The molecule has 3 nitrogen and oxygen atoms in total.